The van der Waals surface area contributed by atoms with Crippen LogP contribution in [-0.4, -0.2) is 34.4 Å². The molecule has 2 aliphatic rings. The average molecular weight is 334 g/mol. The summed E-state index contributed by atoms with van der Waals surface area (Å²) >= 11 is 0. The summed E-state index contributed by atoms with van der Waals surface area (Å²) in [6, 6.07) is 10.5. The molecule has 5 nitrogen and oxygen atoms in total. The van der Waals surface area contributed by atoms with Crippen LogP contribution in [0, 0.1) is 0 Å². The van der Waals surface area contributed by atoms with E-state index in [2.05, 4.69) is 44.3 Å². The largest absolute Gasteiger partial charge is 0.490 e. The van der Waals surface area contributed by atoms with Gasteiger partial charge in [-0.15, -0.1) is 5.10 Å². The highest BCUT2D eigenvalue weighted by Crippen LogP contribution is 2.29. The van der Waals surface area contributed by atoms with Gasteiger partial charge in [-0.3, -0.25) is 0 Å². The van der Waals surface area contributed by atoms with E-state index in [1.165, 1.54) is 17.7 Å². The number of ether oxygens (including phenoxy) is 1. The molecule has 1 N–H and O–H groups in total. The van der Waals surface area contributed by atoms with Crippen LogP contribution < -0.4 is 9.64 Å². The van der Waals surface area contributed by atoms with Crippen molar-refractivity contribution in [3.63, 3.8) is 0 Å². The highest BCUT2D eigenvalue weighted by atomic mass is 16.5. The minimum absolute atomic E-state index is 0.263. The standard InChI is InChI=1S/C20H22N4O/c1-3-14-13-20(23-22-17(14)4-1)24-11-8-15(9-12-24)25-19-6-2-5-18-16(19)7-10-21-18/h2,5-7,10,13,15,21H,1,3-4,8-9,11-12H2. The lowest BCUT2D eigenvalue weighted by Crippen LogP contribution is -2.38. The summed E-state index contributed by atoms with van der Waals surface area (Å²) < 4.78 is 6.30. The molecule has 1 aromatic carbocycles. The van der Waals surface area contributed by atoms with E-state index in [-0.39, 0.29) is 6.10 Å². The monoisotopic (exact) mass is 334 g/mol. The van der Waals surface area contributed by atoms with E-state index in [9.17, 15) is 0 Å². The summed E-state index contributed by atoms with van der Waals surface area (Å²) in [7, 11) is 0. The maximum atomic E-state index is 6.30. The average Bonchev–Trinajstić information content (AvgIpc) is 3.31. The number of anilines is 1. The molecule has 5 heteroatoms. The molecule has 0 bridgehead atoms. The number of aromatic amines is 1. The zero-order valence-corrected chi connectivity index (χ0v) is 14.2. The summed E-state index contributed by atoms with van der Waals surface area (Å²) in [6.45, 7) is 1.95. The molecule has 1 aliphatic carbocycles. The zero-order chi connectivity index (χ0) is 16.6. The maximum Gasteiger partial charge on any atom is 0.151 e. The molecular weight excluding hydrogens is 312 g/mol. The third-order valence-electron chi connectivity index (χ3n) is 5.42. The molecule has 25 heavy (non-hydrogen) atoms. The Bertz CT molecular complexity index is 896. The number of piperidine rings is 1. The first kappa shape index (κ1) is 14.8. The molecule has 0 amide bonds. The van der Waals surface area contributed by atoms with Gasteiger partial charge >= 0.3 is 0 Å². The van der Waals surface area contributed by atoms with Gasteiger partial charge in [0.2, 0.25) is 0 Å². The number of H-pyrrole nitrogens is 1. The van der Waals surface area contributed by atoms with Gasteiger partial charge in [-0.05, 0) is 49.1 Å². The van der Waals surface area contributed by atoms with Crippen molar-refractivity contribution >= 4 is 16.7 Å². The molecule has 0 atom stereocenters. The molecule has 0 saturated carbocycles. The van der Waals surface area contributed by atoms with Crippen molar-refractivity contribution in [1.82, 2.24) is 15.2 Å². The Labute approximate surface area is 147 Å². The number of aromatic nitrogens is 3. The van der Waals surface area contributed by atoms with E-state index in [1.54, 1.807) is 0 Å². The SMILES string of the molecule is c1cc(OC2CCN(c3cc4c(nn3)CCC4)CC2)c2cc[nH]c2c1. The van der Waals surface area contributed by atoms with Crippen LogP contribution in [0.4, 0.5) is 5.82 Å². The summed E-state index contributed by atoms with van der Waals surface area (Å²) in [5, 5.41) is 10.0. The highest BCUT2D eigenvalue weighted by Gasteiger charge is 2.23. The Hall–Kier alpha value is -2.56. The maximum absolute atomic E-state index is 6.30. The molecule has 0 spiro atoms. The fourth-order valence-electron chi connectivity index (χ4n) is 4.01. The molecule has 5 rings (SSSR count). The van der Waals surface area contributed by atoms with Gasteiger partial charge < -0.3 is 14.6 Å². The summed E-state index contributed by atoms with van der Waals surface area (Å²) in [4.78, 5) is 5.59. The van der Waals surface area contributed by atoms with Crippen LogP contribution in [0.2, 0.25) is 0 Å². The van der Waals surface area contributed by atoms with Crippen molar-refractivity contribution in [2.75, 3.05) is 18.0 Å². The summed E-state index contributed by atoms with van der Waals surface area (Å²) in [5.41, 5.74) is 3.72. The Morgan fingerprint density at radius 2 is 2.00 bits per heavy atom. The van der Waals surface area contributed by atoms with Crippen LogP contribution >= 0.6 is 0 Å². The normalized spacial score (nSPS) is 17.8. The number of rotatable bonds is 3. The van der Waals surface area contributed by atoms with Crippen LogP contribution in [0.1, 0.15) is 30.5 Å². The number of hydrogen-bond acceptors (Lipinski definition) is 4. The van der Waals surface area contributed by atoms with Gasteiger partial charge in [0.05, 0.1) is 5.69 Å². The quantitative estimate of drug-likeness (QED) is 0.796. The van der Waals surface area contributed by atoms with Crippen molar-refractivity contribution in [1.29, 1.82) is 0 Å². The third-order valence-corrected chi connectivity index (χ3v) is 5.42. The van der Waals surface area contributed by atoms with Crippen molar-refractivity contribution in [2.24, 2.45) is 0 Å². The predicted molar refractivity (Wildman–Crippen MR) is 98.2 cm³/mol. The van der Waals surface area contributed by atoms with Gasteiger partial charge in [0, 0.05) is 43.0 Å². The van der Waals surface area contributed by atoms with Crippen LogP contribution in [0.15, 0.2) is 36.5 Å². The zero-order valence-electron chi connectivity index (χ0n) is 14.2. The minimum atomic E-state index is 0.263. The van der Waals surface area contributed by atoms with E-state index < -0.39 is 0 Å². The smallest absolute Gasteiger partial charge is 0.151 e. The Morgan fingerprint density at radius 1 is 1.08 bits per heavy atom. The molecule has 128 valence electrons. The Morgan fingerprint density at radius 3 is 2.92 bits per heavy atom. The fourth-order valence-corrected chi connectivity index (χ4v) is 4.01. The Balaban J connectivity index is 1.26. The topological polar surface area (TPSA) is 54.0 Å². The lowest BCUT2D eigenvalue weighted by molar-refractivity contribution is 0.173. The summed E-state index contributed by atoms with van der Waals surface area (Å²) in [5.74, 6) is 2.02. The number of nitrogens with one attached hydrogen (secondary N) is 1. The number of benzene rings is 1. The number of aryl methyl sites for hydroxylation is 2. The molecule has 0 radical (unpaired) electrons. The van der Waals surface area contributed by atoms with E-state index in [4.69, 9.17) is 4.74 Å². The first-order valence-electron chi connectivity index (χ1n) is 9.20. The van der Waals surface area contributed by atoms with Crippen LogP contribution in [-0.2, 0) is 12.8 Å². The summed E-state index contributed by atoms with van der Waals surface area (Å²) in [6.07, 6.45) is 7.71. The van der Waals surface area contributed by atoms with Gasteiger partial charge in [0.15, 0.2) is 5.82 Å². The predicted octanol–water partition coefficient (Wildman–Crippen LogP) is 3.49. The molecular formula is C20H22N4O. The van der Waals surface area contributed by atoms with Gasteiger partial charge in [-0.2, -0.15) is 5.10 Å². The minimum Gasteiger partial charge on any atom is -0.490 e. The number of hydrogen-bond donors (Lipinski definition) is 1. The van der Waals surface area contributed by atoms with Gasteiger partial charge in [-0.1, -0.05) is 6.07 Å². The number of nitrogens with zero attached hydrogens (tertiary/aromatic N) is 3. The molecule has 1 saturated heterocycles. The molecule has 1 fully saturated rings. The van der Waals surface area contributed by atoms with E-state index in [1.807, 2.05) is 12.3 Å². The molecule has 3 heterocycles. The van der Waals surface area contributed by atoms with Crippen molar-refractivity contribution < 1.29 is 4.74 Å². The third kappa shape index (κ3) is 2.73. The highest BCUT2D eigenvalue weighted by molar-refractivity contribution is 5.85. The molecule has 1 aliphatic heterocycles. The van der Waals surface area contributed by atoms with Crippen molar-refractivity contribution in [2.45, 2.75) is 38.2 Å². The first-order chi connectivity index (χ1) is 12.4. The second-order valence-electron chi connectivity index (χ2n) is 7.03. The van der Waals surface area contributed by atoms with Crippen LogP contribution in [0.5, 0.6) is 5.75 Å². The van der Waals surface area contributed by atoms with E-state index in [0.717, 1.165) is 61.2 Å². The van der Waals surface area contributed by atoms with Crippen LogP contribution in [0.3, 0.4) is 0 Å². The van der Waals surface area contributed by atoms with Gasteiger partial charge in [0.1, 0.15) is 11.9 Å². The second-order valence-corrected chi connectivity index (χ2v) is 7.03. The molecule has 3 aromatic rings. The Kier molecular flexibility index (Phi) is 3.58. The number of fused-ring (bicyclic) bond motifs is 2. The van der Waals surface area contributed by atoms with Gasteiger partial charge in [0.25, 0.3) is 0 Å². The van der Waals surface area contributed by atoms with E-state index >= 15 is 0 Å². The van der Waals surface area contributed by atoms with Crippen molar-refractivity contribution in [3.05, 3.63) is 47.8 Å². The van der Waals surface area contributed by atoms with Gasteiger partial charge in [-0.25, -0.2) is 0 Å². The lowest BCUT2D eigenvalue weighted by atomic mass is 10.1. The van der Waals surface area contributed by atoms with E-state index in [0.29, 0.717) is 0 Å². The van der Waals surface area contributed by atoms with Crippen LogP contribution in [0.25, 0.3) is 10.9 Å². The fraction of sp³-hybridized carbons (Fsp3) is 0.400. The molecule has 0 unspecified atom stereocenters. The first-order valence-corrected chi connectivity index (χ1v) is 9.20. The molecule has 2 aromatic heterocycles. The second kappa shape index (κ2) is 6.06. The lowest BCUT2D eigenvalue weighted by Gasteiger charge is -2.33. The van der Waals surface area contributed by atoms with Crippen molar-refractivity contribution in [3.8, 4) is 5.75 Å².